The van der Waals surface area contributed by atoms with Crippen LogP contribution in [0, 0.1) is 0 Å². The lowest BCUT2D eigenvalue weighted by atomic mass is 9.81. The van der Waals surface area contributed by atoms with E-state index in [9.17, 15) is 0 Å². The summed E-state index contributed by atoms with van der Waals surface area (Å²) in [6, 6.07) is 67.1. The maximum absolute atomic E-state index is 6.76. The first-order chi connectivity index (χ1) is 27.5. The van der Waals surface area contributed by atoms with Gasteiger partial charge in [0.25, 0.3) is 0 Å². The van der Waals surface area contributed by atoms with Gasteiger partial charge in [-0.15, -0.1) is 0 Å². The highest BCUT2D eigenvalue weighted by atomic mass is 16.3. The molecular weight excluding hydrogens is 677 g/mol. The number of hydrogen-bond acceptors (Lipinski definition) is 1. The predicted octanol–water partition coefficient (Wildman–Crippen LogP) is 15.5. The van der Waals surface area contributed by atoms with Crippen LogP contribution in [0.5, 0.6) is 0 Å². The lowest BCUT2D eigenvalue weighted by Gasteiger charge is -2.22. The Morgan fingerprint density at radius 3 is 1.70 bits per heavy atom. The van der Waals surface area contributed by atoms with Crippen molar-refractivity contribution in [2.24, 2.45) is 0 Å². The van der Waals surface area contributed by atoms with Gasteiger partial charge in [0.1, 0.15) is 11.2 Å². The van der Waals surface area contributed by atoms with Crippen LogP contribution in [0.3, 0.4) is 0 Å². The third kappa shape index (κ3) is 4.31. The Bertz CT molecular complexity index is 3390. The monoisotopic (exact) mass is 712 g/mol. The van der Waals surface area contributed by atoms with Crippen molar-refractivity contribution in [2.45, 2.75) is 19.3 Å². The minimum atomic E-state index is -0.183. The molecule has 11 aromatic rings. The molecule has 0 unspecified atom stereocenters. The van der Waals surface area contributed by atoms with Crippen LogP contribution in [0.25, 0.3) is 110 Å². The number of rotatable bonds is 3. The van der Waals surface area contributed by atoms with Gasteiger partial charge in [-0.05, 0) is 111 Å². The molecule has 1 aliphatic rings. The second-order valence-electron chi connectivity index (χ2n) is 16.0. The van der Waals surface area contributed by atoms with Gasteiger partial charge in [0.2, 0.25) is 0 Å². The number of furan rings is 1. The summed E-state index contributed by atoms with van der Waals surface area (Å²) in [5.74, 6) is 0. The van der Waals surface area contributed by atoms with E-state index in [0.717, 1.165) is 11.2 Å². The molecule has 0 N–H and O–H groups in total. The SMILES string of the molecule is CC1(C)c2cc(-c3cccc(-c4c5ccccc5c(-c5cccc6ccccc56)c5ccccc45)c3)ccc2-c2c1ccc1c2oc2ccc3ccccc3c21. The first-order valence-corrected chi connectivity index (χ1v) is 19.6. The Kier molecular flexibility index (Phi) is 6.46. The molecule has 1 heterocycles. The molecule has 0 radical (unpaired) electrons. The van der Waals surface area contributed by atoms with Crippen LogP contribution in [0.4, 0.5) is 0 Å². The normalized spacial score (nSPS) is 13.3. The van der Waals surface area contributed by atoms with E-state index in [2.05, 4.69) is 196 Å². The zero-order valence-corrected chi connectivity index (χ0v) is 31.2. The zero-order chi connectivity index (χ0) is 37.1. The van der Waals surface area contributed by atoms with Gasteiger partial charge in [-0.25, -0.2) is 0 Å². The van der Waals surface area contributed by atoms with Crippen molar-refractivity contribution in [2.75, 3.05) is 0 Å². The second kappa shape index (κ2) is 11.5. The summed E-state index contributed by atoms with van der Waals surface area (Å²) < 4.78 is 6.76. The molecule has 1 aromatic heterocycles. The fraction of sp³-hybridized carbons (Fsp3) is 0.0545. The average Bonchev–Trinajstić information content (AvgIpc) is 3.74. The molecule has 1 heteroatoms. The fourth-order valence-electron chi connectivity index (χ4n) is 10.0. The van der Waals surface area contributed by atoms with E-state index >= 15 is 0 Å². The number of hydrogen-bond donors (Lipinski definition) is 0. The first-order valence-electron chi connectivity index (χ1n) is 19.6. The molecule has 0 saturated heterocycles. The molecular formula is C55H36O. The van der Waals surface area contributed by atoms with E-state index in [0.29, 0.717) is 0 Å². The van der Waals surface area contributed by atoms with Gasteiger partial charge in [-0.3, -0.25) is 0 Å². The van der Waals surface area contributed by atoms with Crippen LogP contribution in [0.2, 0.25) is 0 Å². The van der Waals surface area contributed by atoms with Gasteiger partial charge in [-0.1, -0.05) is 178 Å². The average molecular weight is 713 g/mol. The number of benzene rings is 10. The van der Waals surface area contributed by atoms with Crippen molar-refractivity contribution < 1.29 is 4.42 Å². The van der Waals surface area contributed by atoms with Crippen molar-refractivity contribution in [3.63, 3.8) is 0 Å². The molecule has 1 aliphatic carbocycles. The van der Waals surface area contributed by atoms with Crippen molar-refractivity contribution >= 4 is 65.0 Å². The lowest BCUT2D eigenvalue weighted by Crippen LogP contribution is -2.14. The molecule has 0 aliphatic heterocycles. The van der Waals surface area contributed by atoms with Crippen molar-refractivity contribution in [1.29, 1.82) is 0 Å². The minimum absolute atomic E-state index is 0.183. The third-order valence-corrected chi connectivity index (χ3v) is 12.6. The molecule has 10 aromatic carbocycles. The quantitative estimate of drug-likeness (QED) is 0.166. The van der Waals surface area contributed by atoms with Crippen LogP contribution >= 0.6 is 0 Å². The minimum Gasteiger partial charge on any atom is -0.455 e. The summed E-state index contributed by atoms with van der Waals surface area (Å²) in [6.45, 7) is 4.72. The van der Waals surface area contributed by atoms with E-state index in [1.807, 2.05) is 0 Å². The summed E-state index contributed by atoms with van der Waals surface area (Å²) in [7, 11) is 0. The summed E-state index contributed by atoms with van der Waals surface area (Å²) in [6.07, 6.45) is 0. The largest absolute Gasteiger partial charge is 0.455 e. The second-order valence-corrected chi connectivity index (χ2v) is 16.0. The Morgan fingerprint density at radius 2 is 0.946 bits per heavy atom. The smallest absolute Gasteiger partial charge is 0.143 e. The molecule has 0 bridgehead atoms. The summed E-state index contributed by atoms with van der Waals surface area (Å²) in [4.78, 5) is 0. The van der Waals surface area contributed by atoms with Gasteiger partial charge in [0, 0.05) is 21.8 Å². The fourth-order valence-corrected chi connectivity index (χ4v) is 10.0. The molecule has 0 amide bonds. The van der Waals surface area contributed by atoms with Crippen LogP contribution in [0.1, 0.15) is 25.0 Å². The van der Waals surface area contributed by atoms with E-state index in [1.165, 1.54) is 109 Å². The lowest BCUT2D eigenvalue weighted by molar-refractivity contribution is 0.653. The third-order valence-electron chi connectivity index (χ3n) is 12.6. The molecule has 0 fully saturated rings. The van der Waals surface area contributed by atoms with Gasteiger partial charge in [-0.2, -0.15) is 0 Å². The zero-order valence-electron chi connectivity index (χ0n) is 31.2. The van der Waals surface area contributed by atoms with Crippen molar-refractivity contribution in [1.82, 2.24) is 0 Å². The van der Waals surface area contributed by atoms with Crippen molar-refractivity contribution in [3.05, 3.63) is 193 Å². The van der Waals surface area contributed by atoms with E-state index < -0.39 is 0 Å². The Labute approximate surface area is 325 Å². The van der Waals surface area contributed by atoms with Crippen LogP contribution in [-0.4, -0.2) is 0 Å². The summed E-state index contributed by atoms with van der Waals surface area (Å²) >= 11 is 0. The maximum Gasteiger partial charge on any atom is 0.143 e. The highest BCUT2D eigenvalue weighted by Crippen LogP contribution is 2.54. The Hall–Kier alpha value is -6.96. The Morgan fingerprint density at radius 1 is 0.357 bits per heavy atom. The van der Waals surface area contributed by atoms with Gasteiger partial charge >= 0.3 is 0 Å². The molecule has 262 valence electrons. The summed E-state index contributed by atoms with van der Waals surface area (Å²) in [5, 5.41) is 12.4. The van der Waals surface area contributed by atoms with Crippen molar-refractivity contribution in [3.8, 4) is 44.5 Å². The standard InChI is InChI=1S/C55H36O/c1-55(2)47-29-28-46-52-39-19-6-4-14-34(39)26-30-49(52)56-54(46)53(47)45-27-25-36(32-48(45)55)35-16-11-17-37(31-35)50-41-20-7-9-22-43(41)51(44-23-10-8-21-42(44)50)40-24-12-15-33-13-3-5-18-38(33)40/h3-32H,1-2H3. The molecule has 12 rings (SSSR count). The predicted molar refractivity (Wildman–Crippen MR) is 238 cm³/mol. The van der Waals surface area contributed by atoms with Crippen LogP contribution in [0.15, 0.2) is 186 Å². The van der Waals surface area contributed by atoms with Crippen LogP contribution in [-0.2, 0) is 5.41 Å². The Balaban J connectivity index is 1.03. The molecule has 0 atom stereocenters. The molecule has 0 saturated carbocycles. The number of fused-ring (bicyclic) bond motifs is 12. The topological polar surface area (TPSA) is 13.1 Å². The molecule has 1 nitrogen and oxygen atoms in total. The summed E-state index contributed by atoms with van der Waals surface area (Å²) in [5.41, 5.74) is 14.4. The maximum atomic E-state index is 6.76. The highest BCUT2D eigenvalue weighted by molar-refractivity contribution is 6.24. The van der Waals surface area contributed by atoms with Gasteiger partial charge < -0.3 is 4.42 Å². The first kappa shape index (κ1) is 31.4. The highest BCUT2D eigenvalue weighted by Gasteiger charge is 2.38. The van der Waals surface area contributed by atoms with Gasteiger partial charge in [0.15, 0.2) is 0 Å². The molecule has 56 heavy (non-hydrogen) atoms. The van der Waals surface area contributed by atoms with Crippen LogP contribution < -0.4 is 0 Å². The van der Waals surface area contributed by atoms with E-state index in [1.54, 1.807) is 0 Å². The van der Waals surface area contributed by atoms with E-state index in [4.69, 9.17) is 4.42 Å². The molecule has 0 spiro atoms. The van der Waals surface area contributed by atoms with Gasteiger partial charge in [0.05, 0.1) is 0 Å². The van der Waals surface area contributed by atoms with E-state index in [-0.39, 0.29) is 5.41 Å².